The number of ether oxygens (including phenoxy) is 1. The van der Waals surface area contributed by atoms with Gasteiger partial charge in [-0.05, 0) is 24.3 Å². The number of hydrogen-bond donors (Lipinski definition) is 1. The van der Waals surface area contributed by atoms with Crippen molar-refractivity contribution in [3.63, 3.8) is 0 Å². The summed E-state index contributed by atoms with van der Waals surface area (Å²) in [5, 5.41) is 11.7. The van der Waals surface area contributed by atoms with E-state index < -0.39 is 5.97 Å². The van der Waals surface area contributed by atoms with Gasteiger partial charge >= 0.3 is 5.97 Å². The summed E-state index contributed by atoms with van der Waals surface area (Å²) in [6.07, 6.45) is 0.236. The number of likely N-dealkylation sites (N-methyl/N-ethyl adjacent to an activating group) is 1. The van der Waals surface area contributed by atoms with Crippen LogP contribution < -0.4 is 5.32 Å². The van der Waals surface area contributed by atoms with Gasteiger partial charge in [0.05, 0.1) is 23.7 Å². The molecule has 0 fully saturated rings. The summed E-state index contributed by atoms with van der Waals surface area (Å²) < 4.78 is 5.12. The van der Waals surface area contributed by atoms with Gasteiger partial charge in [-0.1, -0.05) is 30.3 Å². The number of nitrogens with one attached hydrogen (secondary N) is 1. The minimum atomic E-state index is -0.582. The van der Waals surface area contributed by atoms with Crippen molar-refractivity contribution in [1.82, 2.24) is 4.90 Å². The number of anilines is 2. The van der Waals surface area contributed by atoms with E-state index in [1.807, 2.05) is 42.5 Å². The van der Waals surface area contributed by atoms with Crippen LogP contribution in [0.1, 0.15) is 16.8 Å². The smallest absolute Gasteiger partial charge is 0.340 e. The van der Waals surface area contributed by atoms with Crippen molar-refractivity contribution in [2.24, 2.45) is 0 Å². The number of carbonyl (C=O) groups is 2. The Kier molecular flexibility index (Phi) is 6.55. The number of carbonyl (C=O) groups excluding carboxylic acids is 2. The van der Waals surface area contributed by atoms with Crippen LogP contribution in [-0.4, -0.2) is 37.0 Å². The summed E-state index contributed by atoms with van der Waals surface area (Å²) >= 11 is 0. The fourth-order valence-electron chi connectivity index (χ4n) is 2.10. The summed E-state index contributed by atoms with van der Waals surface area (Å²) in [5.41, 5.74) is 1.79. The number of nitriles is 1. The number of rotatable bonds is 7. The van der Waals surface area contributed by atoms with Crippen LogP contribution >= 0.6 is 0 Å². The first-order valence-electron chi connectivity index (χ1n) is 7.81. The minimum Gasteiger partial charge on any atom is -0.452 e. The van der Waals surface area contributed by atoms with Gasteiger partial charge in [0.15, 0.2) is 6.61 Å². The van der Waals surface area contributed by atoms with Crippen molar-refractivity contribution in [3.8, 4) is 6.07 Å². The van der Waals surface area contributed by atoms with Gasteiger partial charge in [-0.3, -0.25) is 4.79 Å². The van der Waals surface area contributed by atoms with Gasteiger partial charge in [-0.2, -0.15) is 5.26 Å². The molecule has 0 saturated heterocycles. The van der Waals surface area contributed by atoms with Crippen LogP contribution in [0, 0.1) is 11.3 Å². The first kappa shape index (κ1) is 18.0. The zero-order valence-electron chi connectivity index (χ0n) is 13.9. The van der Waals surface area contributed by atoms with Crippen molar-refractivity contribution in [2.75, 3.05) is 25.5 Å². The summed E-state index contributed by atoms with van der Waals surface area (Å²) in [4.78, 5) is 25.6. The van der Waals surface area contributed by atoms with E-state index in [1.54, 1.807) is 25.2 Å². The number of amides is 1. The molecular formula is C19H19N3O3. The highest BCUT2D eigenvalue weighted by Gasteiger charge is 2.16. The Balaban J connectivity index is 2.00. The Hall–Kier alpha value is -3.33. The molecule has 0 aromatic heterocycles. The molecule has 0 bridgehead atoms. The van der Waals surface area contributed by atoms with Crippen molar-refractivity contribution < 1.29 is 14.3 Å². The van der Waals surface area contributed by atoms with Crippen LogP contribution in [0.3, 0.4) is 0 Å². The molecule has 128 valence electrons. The number of benzene rings is 2. The lowest BCUT2D eigenvalue weighted by atomic mass is 10.1. The second kappa shape index (κ2) is 9.08. The van der Waals surface area contributed by atoms with Gasteiger partial charge in [0.25, 0.3) is 5.91 Å². The van der Waals surface area contributed by atoms with Crippen LogP contribution in [-0.2, 0) is 9.53 Å². The molecule has 0 radical (unpaired) electrons. The zero-order chi connectivity index (χ0) is 18.1. The lowest BCUT2D eigenvalue weighted by Crippen LogP contribution is -2.32. The van der Waals surface area contributed by atoms with E-state index >= 15 is 0 Å². The summed E-state index contributed by atoms with van der Waals surface area (Å²) in [6.45, 7) is -0.0561. The molecular weight excluding hydrogens is 318 g/mol. The SMILES string of the molecule is CN(CCC#N)C(=O)COC(=O)c1ccccc1Nc1ccccc1. The number of para-hydroxylation sites is 2. The van der Waals surface area contributed by atoms with E-state index in [2.05, 4.69) is 5.32 Å². The van der Waals surface area contributed by atoms with Crippen molar-refractivity contribution in [2.45, 2.75) is 6.42 Å². The Morgan fingerprint density at radius 1 is 1.12 bits per heavy atom. The maximum atomic E-state index is 12.3. The molecule has 1 amide bonds. The summed E-state index contributed by atoms with van der Waals surface area (Å²) in [7, 11) is 1.57. The summed E-state index contributed by atoms with van der Waals surface area (Å²) in [5.74, 6) is -0.932. The molecule has 6 heteroatoms. The molecule has 2 aromatic rings. The highest BCUT2D eigenvalue weighted by molar-refractivity contribution is 5.97. The maximum absolute atomic E-state index is 12.3. The van der Waals surface area contributed by atoms with Crippen LogP contribution in [0.4, 0.5) is 11.4 Å². The van der Waals surface area contributed by atoms with E-state index in [-0.39, 0.29) is 18.9 Å². The molecule has 0 aliphatic rings. The molecule has 25 heavy (non-hydrogen) atoms. The van der Waals surface area contributed by atoms with Crippen LogP contribution in [0.25, 0.3) is 0 Å². The van der Waals surface area contributed by atoms with Crippen molar-refractivity contribution in [3.05, 3.63) is 60.2 Å². The Labute approximate surface area is 146 Å². The number of hydrogen-bond acceptors (Lipinski definition) is 5. The van der Waals surface area contributed by atoms with E-state index in [1.165, 1.54) is 4.90 Å². The monoisotopic (exact) mass is 337 g/mol. The van der Waals surface area contributed by atoms with Crippen LogP contribution in [0.15, 0.2) is 54.6 Å². The maximum Gasteiger partial charge on any atom is 0.340 e. The third-order valence-corrected chi connectivity index (χ3v) is 3.51. The molecule has 6 nitrogen and oxygen atoms in total. The first-order valence-corrected chi connectivity index (χ1v) is 7.81. The van der Waals surface area contributed by atoms with Crippen molar-refractivity contribution >= 4 is 23.3 Å². The van der Waals surface area contributed by atoms with Gasteiger partial charge in [0, 0.05) is 19.3 Å². The normalized spacial score (nSPS) is 9.76. The van der Waals surface area contributed by atoms with E-state index in [9.17, 15) is 9.59 Å². The largest absolute Gasteiger partial charge is 0.452 e. The number of esters is 1. The first-order chi connectivity index (χ1) is 12.1. The highest BCUT2D eigenvalue weighted by atomic mass is 16.5. The quantitative estimate of drug-likeness (QED) is 0.786. The van der Waals surface area contributed by atoms with Crippen LogP contribution in [0.2, 0.25) is 0 Å². The van der Waals surface area contributed by atoms with E-state index in [4.69, 9.17) is 10.00 Å². The molecule has 1 N–H and O–H groups in total. The van der Waals surface area contributed by atoms with E-state index in [0.717, 1.165) is 5.69 Å². The molecule has 0 atom stereocenters. The average Bonchev–Trinajstić information content (AvgIpc) is 2.65. The minimum absolute atomic E-state index is 0.236. The standard InChI is InChI=1S/C19H19N3O3/c1-22(13-7-12-20)18(23)14-25-19(24)16-10-5-6-11-17(16)21-15-8-3-2-4-9-15/h2-6,8-11,21H,7,13-14H2,1H3. The van der Waals surface area contributed by atoms with Crippen molar-refractivity contribution in [1.29, 1.82) is 5.26 Å². The Morgan fingerprint density at radius 3 is 2.52 bits per heavy atom. The van der Waals surface area contributed by atoms with Gasteiger partial charge < -0.3 is 15.0 Å². The summed E-state index contributed by atoms with van der Waals surface area (Å²) in [6, 6.07) is 18.4. The van der Waals surface area contributed by atoms with Gasteiger partial charge in [0.2, 0.25) is 0 Å². The fourth-order valence-corrected chi connectivity index (χ4v) is 2.10. The van der Waals surface area contributed by atoms with Crippen LogP contribution in [0.5, 0.6) is 0 Å². The molecule has 2 aromatic carbocycles. The predicted octanol–water partition coefficient (Wildman–Crippen LogP) is 2.96. The van der Waals surface area contributed by atoms with Gasteiger partial charge in [0.1, 0.15) is 0 Å². The predicted molar refractivity (Wildman–Crippen MR) is 94.3 cm³/mol. The van der Waals surface area contributed by atoms with Gasteiger partial charge in [-0.15, -0.1) is 0 Å². The molecule has 0 heterocycles. The average molecular weight is 337 g/mol. The molecule has 0 spiro atoms. The molecule has 0 aliphatic heterocycles. The second-order valence-corrected chi connectivity index (χ2v) is 5.34. The molecule has 0 saturated carbocycles. The zero-order valence-corrected chi connectivity index (χ0v) is 13.9. The lowest BCUT2D eigenvalue weighted by molar-refractivity contribution is -0.133. The second-order valence-electron chi connectivity index (χ2n) is 5.34. The topological polar surface area (TPSA) is 82.4 Å². The fraction of sp³-hybridized carbons (Fsp3) is 0.211. The molecule has 0 unspecified atom stereocenters. The third kappa shape index (κ3) is 5.36. The van der Waals surface area contributed by atoms with E-state index in [0.29, 0.717) is 17.8 Å². The van der Waals surface area contributed by atoms with Gasteiger partial charge in [-0.25, -0.2) is 4.79 Å². The molecule has 0 aliphatic carbocycles. The Bertz CT molecular complexity index is 769. The highest BCUT2D eigenvalue weighted by Crippen LogP contribution is 2.21. The lowest BCUT2D eigenvalue weighted by Gasteiger charge is -2.16. The Morgan fingerprint density at radius 2 is 1.80 bits per heavy atom. The third-order valence-electron chi connectivity index (χ3n) is 3.51. The number of nitrogens with zero attached hydrogens (tertiary/aromatic N) is 2. The molecule has 2 rings (SSSR count).